The molecule has 22 heavy (non-hydrogen) atoms. The molecule has 0 amide bonds. The third-order valence-corrected chi connectivity index (χ3v) is 4.19. The summed E-state index contributed by atoms with van der Waals surface area (Å²) in [5.74, 6) is 2.28. The van der Waals surface area contributed by atoms with Crippen LogP contribution in [0.4, 0.5) is 0 Å². The molecule has 2 heterocycles. The van der Waals surface area contributed by atoms with Crippen molar-refractivity contribution >= 4 is 0 Å². The van der Waals surface area contributed by atoms with Gasteiger partial charge in [-0.05, 0) is 38.4 Å². The summed E-state index contributed by atoms with van der Waals surface area (Å²) in [7, 11) is 1.71. The van der Waals surface area contributed by atoms with E-state index in [-0.39, 0.29) is 0 Å². The van der Waals surface area contributed by atoms with Gasteiger partial charge in [0, 0.05) is 35.8 Å². The van der Waals surface area contributed by atoms with Crippen LogP contribution in [0, 0.1) is 6.92 Å². The van der Waals surface area contributed by atoms with Crippen LogP contribution in [0.3, 0.4) is 0 Å². The molecule has 0 saturated carbocycles. The number of benzene rings is 1. The zero-order chi connectivity index (χ0) is 15.4. The second-order valence-electron chi connectivity index (χ2n) is 5.86. The van der Waals surface area contributed by atoms with Gasteiger partial charge in [0.05, 0.1) is 7.11 Å². The second-order valence-corrected chi connectivity index (χ2v) is 5.86. The average molecular weight is 297 g/mol. The molecule has 0 aliphatic carbocycles. The van der Waals surface area contributed by atoms with E-state index in [4.69, 9.17) is 4.74 Å². The quantitative estimate of drug-likeness (QED) is 0.942. The molecular formula is C18H23N3O. The SMILES string of the molecule is COc1ccccc1Cc1cc(C2CCCNC2)nc(C)n1. The number of ether oxygens (including phenoxy) is 1. The van der Waals surface area contributed by atoms with E-state index in [1.54, 1.807) is 7.11 Å². The number of para-hydroxylation sites is 1. The van der Waals surface area contributed by atoms with Crippen LogP contribution in [0.5, 0.6) is 5.75 Å². The number of aryl methyl sites for hydroxylation is 1. The average Bonchev–Trinajstić information content (AvgIpc) is 2.56. The van der Waals surface area contributed by atoms with Crippen molar-refractivity contribution < 1.29 is 4.74 Å². The Kier molecular flexibility index (Phi) is 4.68. The first-order valence-corrected chi connectivity index (χ1v) is 7.93. The molecule has 2 aromatic rings. The highest BCUT2D eigenvalue weighted by molar-refractivity contribution is 5.36. The molecule has 1 unspecified atom stereocenters. The molecule has 1 atom stereocenters. The highest BCUT2D eigenvalue weighted by atomic mass is 16.5. The summed E-state index contributed by atoms with van der Waals surface area (Å²) in [6.45, 7) is 4.12. The summed E-state index contributed by atoms with van der Waals surface area (Å²) in [4.78, 5) is 9.27. The largest absolute Gasteiger partial charge is 0.496 e. The zero-order valence-electron chi connectivity index (χ0n) is 13.3. The normalized spacial score (nSPS) is 18.2. The first-order valence-electron chi connectivity index (χ1n) is 7.93. The minimum atomic E-state index is 0.506. The zero-order valence-corrected chi connectivity index (χ0v) is 13.3. The second kappa shape index (κ2) is 6.88. The Morgan fingerprint density at radius 2 is 2.14 bits per heavy atom. The molecule has 0 radical (unpaired) electrons. The lowest BCUT2D eigenvalue weighted by Crippen LogP contribution is -2.29. The molecule has 0 spiro atoms. The Morgan fingerprint density at radius 1 is 1.27 bits per heavy atom. The fraction of sp³-hybridized carbons (Fsp3) is 0.444. The lowest BCUT2D eigenvalue weighted by atomic mass is 9.95. The molecule has 1 fully saturated rings. The minimum absolute atomic E-state index is 0.506. The van der Waals surface area contributed by atoms with E-state index in [2.05, 4.69) is 27.4 Å². The maximum atomic E-state index is 5.44. The smallest absolute Gasteiger partial charge is 0.125 e. The van der Waals surface area contributed by atoms with Gasteiger partial charge in [-0.3, -0.25) is 0 Å². The van der Waals surface area contributed by atoms with E-state index in [0.29, 0.717) is 5.92 Å². The molecule has 1 saturated heterocycles. The molecule has 1 aliphatic rings. The van der Waals surface area contributed by atoms with Gasteiger partial charge in [-0.2, -0.15) is 0 Å². The van der Waals surface area contributed by atoms with Crippen LogP contribution < -0.4 is 10.1 Å². The number of methoxy groups -OCH3 is 1. The molecule has 4 nitrogen and oxygen atoms in total. The Bertz CT molecular complexity index is 636. The van der Waals surface area contributed by atoms with Crippen molar-refractivity contribution in [3.8, 4) is 5.75 Å². The van der Waals surface area contributed by atoms with E-state index < -0.39 is 0 Å². The van der Waals surface area contributed by atoms with Gasteiger partial charge in [0.25, 0.3) is 0 Å². The first-order chi connectivity index (χ1) is 10.8. The van der Waals surface area contributed by atoms with Gasteiger partial charge in [0.1, 0.15) is 11.6 Å². The summed E-state index contributed by atoms with van der Waals surface area (Å²) in [6, 6.07) is 10.3. The molecular weight excluding hydrogens is 274 g/mol. The highest BCUT2D eigenvalue weighted by Gasteiger charge is 2.18. The fourth-order valence-electron chi connectivity index (χ4n) is 3.10. The number of hydrogen-bond donors (Lipinski definition) is 1. The monoisotopic (exact) mass is 297 g/mol. The molecule has 4 heteroatoms. The van der Waals surface area contributed by atoms with E-state index in [9.17, 15) is 0 Å². The predicted molar refractivity (Wildman–Crippen MR) is 87.4 cm³/mol. The summed E-state index contributed by atoms with van der Waals surface area (Å²) in [5.41, 5.74) is 3.40. The van der Waals surface area contributed by atoms with E-state index in [0.717, 1.165) is 42.3 Å². The lowest BCUT2D eigenvalue weighted by Gasteiger charge is -2.22. The van der Waals surface area contributed by atoms with Crippen LogP contribution in [0.1, 0.15) is 41.5 Å². The third-order valence-electron chi connectivity index (χ3n) is 4.19. The topological polar surface area (TPSA) is 47.0 Å². The molecule has 1 aromatic carbocycles. The van der Waals surface area contributed by atoms with Gasteiger partial charge < -0.3 is 10.1 Å². The molecule has 3 rings (SSSR count). The van der Waals surface area contributed by atoms with E-state index >= 15 is 0 Å². The lowest BCUT2D eigenvalue weighted by molar-refractivity contribution is 0.410. The Balaban J connectivity index is 1.85. The summed E-state index contributed by atoms with van der Waals surface area (Å²) in [6.07, 6.45) is 3.20. The van der Waals surface area contributed by atoms with Crippen molar-refractivity contribution in [1.29, 1.82) is 0 Å². The molecule has 0 bridgehead atoms. The fourth-order valence-corrected chi connectivity index (χ4v) is 3.10. The van der Waals surface area contributed by atoms with Gasteiger partial charge in [-0.15, -0.1) is 0 Å². The number of rotatable bonds is 4. The summed E-state index contributed by atoms with van der Waals surface area (Å²) < 4.78 is 5.44. The number of piperidine rings is 1. The molecule has 1 aliphatic heterocycles. The van der Waals surface area contributed by atoms with Gasteiger partial charge in [0.2, 0.25) is 0 Å². The van der Waals surface area contributed by atoms with Crippen molar-refractivity contribution in [3.05, 3.63) is 53.1 Å². The molecule has 116 valence electrons. The number of nitrogens with one attached hydrogen (secondary N) is 1. The highest BCUT2D eigenvalue weighted by Crippen LogP contribution is 2.24. The van der Waals surface area contributed by atoms with Gasteiger partial charge in [-0.1, -0.05) is 18.2 Å². The Labute approximate surface area is 132 Å². The van der Waals surface area contributed by atoms with Crippen LogP contribution in [-0.2, 0) is 6.42 Å². The third kappa shape index (κ3) is 3.45. The summed E-state index contributed by atoms with van der Waals surface area (Å²) >= 11 is 0. The molecule has 1 N–H and O–H groups in total. The predicted octanol–water partition coefficient (Wildman–Crippen LogP) is 2.85. The maximum Gasteiger partial charge on any atom is 0.125 e. The van der Waals surface area contributed by atoms with E-state index in [1.807, 2.05) is 25.1 Å². The van der Waals surface area contributed by atoms with Gasteiger partial charge in [-0.25, -0.2) is 9.97 Å². The number of nitrogens with zero attached hydrogens (tertiary/aromatic N) is 2. The van der Waals surface area contributed by atoms with Crippen molar-refractivity contribution in [2.24, 2.45) is 0 Å². The van der Waals surface area contributed by atoms with Crippen molar-refractivity contribution in [2.75, 3.05) is 20.2 Å². The first kappa shape index (κ1) is 15.0. The molecule has 1 aromatic heterocycles. The van der Waals surface area contributed by atoms with Crippen molar-refractivity contribution in [1.82, 2.24) is 15.3 Å². The Morgan fingerprint density at radius 3 is 2.91 bits per heavy atom. The van der Waals surface area contributed by atoms with Crippen LogP contribution >= 0.6 is 0 Å². The Hall–Kier alpha value is -1.94. The van der Waals surface area contributed by atoms with Gasteiger partial charge >= 0.3 is 0 Å². The van der Waals surface area contributed by atoms with Crippen LogP contribution in [0.2, 0.25) is 0 Å². The summed E-state index contributed by atoms with van der Waals surface area (Å²) in [5, 5.41) is 3.46. The van der Waals surface area contributed by atoms with E-state index in [1.165, 1.54) is 18.5 Å². The van der Waals surface area contributed by atoms with Crippen LogP contribution in [-0.4, -0.2) is 30.2 Å². The number of hydrogen-bond acceptors (Lipinski definition) is 4. The minimum Gasteiger partial charge on any atom is -0.496 e. The maximum absolute atomic E-state index is 5.44. The van der Waals surface area contributed by atoms with Crippen molar-refractivity contribution in [2.45, 2.75) is 32.1 Å². The standard InChI is InChI=1S/C18H23N3O/c1-13-20-16(10-14-6-3-4-8-18(14)22-2)11-17(21-13)15-7-5-9-19-12-15/h3-4,6,8,11,15,19H,5,7,9-10,12H2,1-2H3. The van der Waals surface area contributed by atoms with Crippen LogP contribution in [0.15, 0.2) is 30.3 Å². The van der Waals surface area contributed by atoms with Crippen LogP contribution in [0.25, 0.3) is 0 Å². The van der Waals surface area contributed by atoms with Crippen molar-refractivity contribution in [3.63, 3.8) is 0 Å². The number of aromatic nitrogens is 2. The van der Waals surface area contributed by atoms with Gasteiger partial charge in [0.15, 0.2) is 0 Å².